The normalized spacial score (nSPS) is 17.6. The summed E-state index contributed by atoms with van der Waals surface area (Å²) >= 11 is 0. The van der Waals surface area contributed by atoms with Gasteiger partial charge in [-0.05, 0) is 24.3 Å². The van der Waals surface area contributed by atoms with Gasteiger partial charge in [0.2, 0.25) is 5.91 Å². The zero-order chi connectivity index (χ0) is 14.8. The van der Waals surface area contributed by atoms with Gasteiger partial charge >= 0.3 is 5.97 Å². The summed E-state index contributed by atoms with van der Waals surface area (Å²) in [4.78, 5) is 23.5. The van der Waals surface area contributed by atoms with E-state index in [2.05, 4.69) is 5.32 Å². The fourth-order valence-corrected chi connectivity index (χ4v) is 2.48. The Labute approximate surface area is 119 Å². The summed E-state index contributed by atoms with van der Waals surface area (Å²) in [7, 11) is 0. The Hall–Kier alpha value is -1.84. The van der Waals surface area contributed by atoms with Crippen LogP contribution in [0.15, 0.2) is 30.3 Å². The van der Waals surface area contributed by atoms with Crippen LogP contribution in [0.1, 0.15) is 38.2 Å². The second kappa shape index (κ2) is 5.65. The molecule has 0 spiro atoms. The first-order chi connectivity index (χ1) is 9.46. The number of carboxylic acids is 1. The molecule has 0 radical (unpaired) electrons. The third kappa shape index (κ3) is 3.00. The maximum Gasteiger partial charge on any atom is 0.311 e. The highest BCUT2D eigenvalue weighted by Crippen LogP contribution is 2.45. The molecule has 0 aromatic heterocycles. The van der Waals surface area contributed by atoms with Gasteiger partial charge in [0.15, 0.2) is 0 Å². The molecule has 1 saturated carbocycles. The van der Waals surface area contributed by atoms with Crippen molar-refractivity contribution in [2.75, 3.05) is 6.54 Å². The number of nitrogens with one attached hydrogen (secondary N) is 1. The lowest BCUT2D eigenvalue weighted by Gasteiger charge is -2.22. The van der Waals surface area contributed by atoms with Crippen LogP contribution in [-0.4, -0.2) is 23.5 Å². The van der Waals surface area contributed by atoms with Crippen molar-refractivity contribution in [2.45, 2.75) is 32.6 Å². The molecule has 4 heteroatoms. The summed E-state index contributed by atoms with van der Waals surface area (Å²) in [6.45, 7) is 4.24. The van der Waals surface area contributed by atoms with Crippen molar-refractivity contribution in [1.82, 2.24) is 5.32 Å². The van der Waals surface area contributed by atoms with Crippen LogP contribution in [0.25, 0.3) is 0 Å². The number of carbonyl (C=O) groups excluding carboxylic acids is 1. The van der Waals surface area contributed by atoms with Gasteiger partial charge in [0, 0.05) is 6.54 Å². The maximum atomic E-state index is 12.4. The Morgan fingerprint density at radius 3 is 2.30 bits per heavy atom. The summed E-state index contributed by atoms with van der Waals surface area (Å²) in [6.07, 6.45) is 1.31. The molecule has 108 valence electrons. The van der Waals surface area contributed by atoms with Crippen molar-refractivity contribution in [3.63, 3.8) is 0 Å². The molecule has 4 nitrogen and oxygen atoms in total. The minimum Gasteiger partial charge on any atom is -0.481 e. The molecule has 1 unspecified atom stereocenters. The molecule has 1 aromatic carbocycles. The van der Waals surface area contributed by atoms with Gasteiger partial charge in [0.05, 0.1) is 11.3 Å². The van der Waals surface area contributed by atoms with Crippen LogP contribution in [0.3, 0.4) is 0 Å². The van der Waals surface area contributed by atoms with Crippen LogP contribution in [-0.2, 0) is 9.59 Å². The van der Waals surface area contributed by atoms with Gasteiger partial charge < -0.3 is 10.4 Å². The van der Waals surface area contributed by atoms with E-state index in [1.807, 2.05) is 44.2 Å². The van der Waals surface area contributed by atoms with Gasteiger partial charge in [0.25, 0.3) is 0 Å². The molecule has 1 aromatic rings. The number of rotatable bonds is 6. The lowest BCUT2D eigenvalue weighted by Crippen LogP contribution is -2.38. The number of hydrogen-bond acceptors (Lipinski definition) is 2. The summed E-state index contributed by atoms with van der Waals surface area (Å²) < 4.78 is 0. The molecule has 20 heavy (non-hydrogen) atoms. The Kier molecular flexibility index (Phi) is 4.12. The quantitative estimate of drug-likeness (QED) is 0.837. The Bertz CT molecular complexity index is 492. The van der Waals surface area contributed by atoms with Crippen molar-refractivity contribution in [1.29, 1.82) is 0 Å². The third-order valence-electron chi connectivity index (χ3n) is 4.02. The number of carbonyl (C=O) groups is 2. The molecule has 1 amide bonds. The SMILES string of the molecule is CC(C)C(C(=O)NCC1(C(=O)O)CC1)c1ccccc1. The van der Waals surface area contributed by atoms with E-state index < -0.39 is 11.4 Å². The van der Waals surface area contributed by atoms with E-state index in [-0.39, 0.29) is 24.3 Å². The van der Waals surface area contributed by atoms with Crippen molar-refractivity contribution < 1.29 is 14.7 Å². The zero-order valence-corrected chi connectivity index (χ0v) is 11.9. The van der Waals surface area contributed by atoms with Crippen LogP contribution < -0.4 is 5.32 Å². The first-order valence-corrected chi connectivity index (χ1v) is 7.02. The first kappa shape index (κ1) is 14.6. The number of amides is 1. The molecule has 1 aliphatic carbocycles. The monoisotopic (exact) mass is 275 g/mol. The van der Waals surface area contributed by atoms with Crippen LogP contribution in [0, 0.1) is 11.3 Å². The molecule has 1 atom stereocenters. The zero-order valence-electron chi connectivity index (χ0n) is 11.9. The molecule has 0 saturated heterocycles. The minimum atomic E-state index is -0.807. The van der Waals surface area contributed by atoms with Crippen LogP contribution in [0.2, 0.25) is 0 Å². The molecule has 2 rings (SSSR count). The van der Waals surface area contributed by atoms with E-state index in [4.69, 9.17) is 5.11 Å². The first-order valence-electron chi connectivity index (χ1n) is 7.02. The van der Waals surface area contributed by atoms with Crippen molar-refractivity contribution in [3.05, 3.63) is 35.9 Å². The molecular weight excluding hydrogens is 254 g/mol. The lowest BCUT2D eigenvalue weighted by molar-refractivity contribution is -0.143. The van der Waals surface area contributed by atoms with E-state index >= 15 is 0 Å². The molecule has 0 bridgehead atoms. The fourth-order valence-electron chi connectivity index (χ4n) is 2.48. The largest absolute Gasteiger partial charge is 0.481 e. The number of carboxylic acid groups (broad SMARTS) is 1. The predicted molar refractivity (Wildman–Crippen MR) is 76.3 cm³/mol. The molecule has 1 fully saturated rings. The van der Waals surface area contributed by atoms with Gasteiger partial charge in [-0.1, -0.05) is 44.2 Å². The maximum absolute atomic E-state index is 12.4. The highest BCUT2D eigenvalue weighted by Gasteiger charge is 2.50. The van der Waals surface area contributed by atoms with E-state index in [9.17, 15) is 9.59 Å². The average Bonchev–Trinajstić information content (AvgIpc) is 3.18. The van der Waals surface area contributed by atoms with Crippen LogP contribution in [0.4, 0.5) is 0 Å². The molecule has 2 N–H and O–H groups in total. The van der Waals surface area contributed by atoms with Gasteiger partial charge in [-0.25, -0.2) is 0 Å². The van der Waals surface area contributed by atoms with Gasteiger partial charge in [0.1, 0.15) is 0 Å². The summed E-state index contributed by atoms with van der Waals surface area (Å²) in [5.74, 6) is -0.962. The van der Waals surface area contributed by atoms with Crippen molar-refractivity contribution in [2.24, 2.45) is 11.3 Å². The fraction of sp³-hybridized carbons (Fsp3) is 0.500. The Balaban J connectivity index is 2.04. The Morgan fingerprint density at radius 1 is 1.25 bits per heavy atom. The molecule has 1 aliphatic rings. The number of aliphatic carboxylic acids is 1. The van der Waals surface area contributed by atoms with Crippen molar-refractivity contribution >= 4 is 11.9 Å². The molecular formula is C16H21NO3. The Morgan fingerprint density at radius 2 is 1.85 bits per heavy atom. The summed E-state index contributed by atoms with van der Waals surface area (Å²) in [5.41, 5.74) is 0.258. The van der Waals surface area contributed by atoms with E-state index in [0.717, 1.165) is 5.56 Å². The van der Waals surface area contributed by atoms with E-state index in [1.165, 1.54) is 0 Å². The molecule has 0 heterocycles. The topological polar surface area (TPSA) is 66.4 Å². The predicted octanol–water partition coefficient (Wildman–Crippen LogP) is 2.41. The summed E-state index contributed by atoms with van der Waals surface area (Å²) in [5, 5.41) is 12.0. The second-order valence-corrected chi connectivity index (χ2v) is 5.94. The third-order valence-corrected chi connectivity index (χ3v) is 4.02. The minimum absolute atomic E-state index is 0.0845. The molecule has 0 aliphatic heterocycles. The smallest absolute Gasteiger partial charge is 0.311 e. The standard InChI is InChI=1S/C16H21NO3/c1-11(2)13(12-6-4-3-5-7-12)14(18)17-10-16(8-9-16)15(19)20/h3-7,11,13H,8-10H2,1-2H3,(H,17,18)(H,19,20). The summed E-state index contributed by atoms with van der Waals surface area (Å²) in [6, 6.07) is 9.63. The van der Waals surface area contributed by atoms with Crippen LogP contribution >= 0.6 is 0 Å². The number of benzene rings is 1. The average molecular weight is 275 g/mol. The van der Waals surface area contributed by atoms with E-state index in [0.29, 0.717) is 12.8 Å². The van der Waals surface area contributed by atoms with Crippen LogP contribution in [0.5, 0.6) is 0 Å². The highest BCUT2D eigenvalue weighted by molar-refractivity contribution is 5.85. The van der Waals surface area contributed by atoms with Gasteiger partial charge in [-0.3, -0.25) is 9.59 Å². The van der Waals surface area contributed by atoms with E-state index in [1.54, 1.807) is 0 Å². The second-order valence-electron chi connectivity index (χ2n) is 5.94. The highest BCUT2D eigenvalue weighted by atomic mass is 16.4. The lowest BCUT2D eigenvalue weighted by atomic mass is 9.87. The number of hydrogen-bond donors (Lipinski definition) is 2. The van der Waals surface area contributed by atoms with Crippen molar-refractivity contribution in [3.8, 4) is 0 Å². The van der Waals surface area contributed by atoms with Gasteiger partial charge in [-0.2, -0.15) is 0 Å². The van der Waals surface area contributed by atoms with Gasteiger partial charge in [-0.15, -0.1) is 0 Å².